The second kappa shape index (κ2) is 10.4. The van der Waals surface area contributed by atoms with Gasteiger partial charge in [-0.2, -0.15) is 5.26 Å². The monoisotopic (exact) mass is 587 g/mol. The van der Waals surface area contributed by atoms with Gasteiger partial charge < -0.3 is 8.83 Å². The highest BCUT2D eigenvalue weighted by Crippen LogP contribution is 2.48. The fourth-order valence-corrected chi connectivity index (χ4v) is 6.92. The quantitative estimate of drug-likeness (QED) is 0.206. The molecule has 3 heteroatoms. The van der Waals surface area contributed by atoms with Crippen LogP contribution in [0.4, 0.5) is 0 Å². The zero-order valence-electron chi connectivity index (χ0n) is 24.7. The first-order chi connectivity index (χ1) is 22.8. The Balaban J connectivity index is 1.48. The number of hydrogen-bond donors (Lipinski definition) is 0. The predicted octanol–water partition coefficient (Wildman–Crippen LogP) is 12.0. The standard InChI is InChI=1S/C43H25NO2/c44-26-27-11-8-14-29(23-27)30-24-35(31-17-9-21-39-42(31)33-15-4-6-19-37(33)45-39)41(28-12-2-1-3-13-28)36(25-30)32-18-10-22-40-43(32)34-16-5-7-20-38(34)46-40/h1-25H. The van der Waals surface area contributed by atoms with E-state index in [-0.39, 0.29) is 0 Å². The molecule has 9 aromatic rings. The molecule has 46 heavy (non-hydrogen) atoms. The Hall–Kier alpha value is -6.37. The van der Waals surface area contributed by atoms with Crippen molar-refractivity contribution in [2.24, 2.45) is 0 Å². The van der Waals surface area contributed by atoms with Gasteiger partial charge in [-0.05, 0) is 93.0 Å². The highest BCUT2D eigenvalue weighted by molar-refractivity contribution is 6.18. The van der Waals surface area contributed by atoms with Gasteiger partial charge in [-0.25, -0.2) is 0 Å². The molecule has 0 amide bonds. The Morgan fingerprint density at radius 3 is 1.48 bits per heavy atom. The number of furan rings is 2. The molecule has 0 saturated carbocycles. The van der Waals surface area contributed by atoms with Crippen LogP contribution in [0.15, 0.2) is 160 Å². The van der Waals surface area contributed by atoms with Crippen LogP contribution >= 0.6 is 0 Å². The molecule has 214 valence electrons. The minimum Gasteiger partial charge on any atom is -0.456 e. The van der Waals surface area contributed by atoms with E-state index in [1.807, 2.05) is 54.6 Å². The van der Waals surface area contributed by atoms with Gasteiger partial charge in [0.05, 0.1) is 11.6 Å². The molecule has 0 N–H and O–H groups in total. The largest absolute Gasteiger partial charge is 0.456 e. The van der Waals surface area contributed by atoms with Gasteiger partial charge in [0.1, 0.15) is 22.3 Å². The molecule has 3 nitrogen and oxygen atoms in total. The van der Waals surface area contributed by atoms with Gasteiger partial charge in [-0.1, -0.05) is 103 Å². The van der Waals surface area contributed by atoms with Crippen LogP contribution in [-0.2, 0) is 0 Å². The van der Waals surface area contributed by atoms with E-state index in [9.17, 15) is 5.26 Å². The van der Waals surface area contributed by atoms with Crippen LogP contribution in [-0.4, -0.2) is 0 Å². The number of rotatable bonds is 4. The number of benzene rings is 7. The van der Waals surface area contributed by atoms with Crippen LogP contribution in [0.3, 0.4) is 0 Å². The average Bonchev–Trinajstić information content (AvgIpc) is 3.70. The summed E-state index contributed by atoms with van der Waals surface area (Å²) in [4.78, 5) is 0. The predicted molar refractivity (Wildman–Crippen MR) is 187 cm³/mol. The number of nitrogens with zero attached hydrogens (tertiary/aromatic N) is 1. The highest BCUT2D eigenvalue weighted by atomic mass is 16.3. The molecule has 2 aromatic heterocycles. The van der Waals surface area contributed by atoms with Crippen molar-refractivity contribution in [3.8, 4) is 50.6 Å². The van der Waals surface area contributed by atoms with Gasteiger partial charge in [0, 0.05) is 21.5 Å². The molecule has 0 radical (unpaired) electrons. The molecule has 7 aromatic carbocycles. The SMILES string of the molecule is N#Cc1cccc(-c2cc(-c3cccc4oc5ccccc5c34)c(-c3ccccc3)c(-c3cccc4oc5ccccc5c34)c2)c1. The molecule has 0 fully saturated rings. The van der Waals surface area contributed by atoms with Crippen molar-refractivity contribution >= 4 is 43.9 Å². The van der Waals surface area contributed by atoms with Crippen LogP contribution in [0.1, 0.15) is 5.56 Å². The third-order valence-electron chi connectivity index (χ3n) is 8.91. The van der Waals surface area contributed by atoms with E-state index in [2.05, 4.69) is 103 Å². The summed E-state index contributed by atoms with van der Waals surface area (Å²) in [6.07, 6.45) is 0. The summed E-state index contributed by atoms with van der Waals surface area (Å²) in [5.41, 5.74) is 12.6. The summed E-state index contributed by atoms with van der Waals surface area (Å²) in [5, 5.41) is 14.1. The zero-order valence-corrected chi connectivity index (χ0v) is 24.7. The van der Waals surface area contributed by atoms with Crippen molar-refractivity contribution in [2.75, 3.05) is 0 Å². The lowest BCUT2D eigenvalue weighted by atomic mass is 9.82. The summed E-state index contributed by atoms with van der Waals surface area (Å²) in [6.45, 7) is 0. The maximum Gasteiger partial charge on any atom is 0.136 e. The maximum absolute atomic E-state index is 9.79. The second-order valence-electron chi connectivity index (χ2n) is 11.6. The van der Waals surface area contributed by atoms with Crippen molar-refractivity contribution in [3.63, 3.8) is 0 Å². The van der Waals surface area contributed by atoms with E-state index in [1.165, 1.54) is 0 Å². The van der Waals surface area contributed by atoms with E-state index >= 15 is 0 Å². The Kier molecular flexibility index (Phi) is 5.88. The molecule has 0 unspecified atom stereocenters. The molecular weight excluding hydrogens is 562 g/mol. The van der Waals surface area contributed by atoms with Crippen LogP contribution in [0.25, 0.3) is 88.4 Å². The molecule has 0 saturated heterocycles. The number of para-hydroxylation sites is 2. The first kappa shape index (κ1) is 26.1. The Bertz CT molecular complexity index is 2520. The fraction of sp³-hybridized carbons (Fsp3) is 0. The molecule has 9 rings (SSSR count). The molecule has 2 heterocycles. The van der Waals surface area contributed by atoms with E-state index < -0.39 is 0 Å². The van der Waals surface area contributed by atoms with E-state index in [0.717, 1.165) is 88.4 Å². The normalized spacial score (nSPS) is 11.5. The smallest absolute Gasteiger partial charge is 0.136 e. The average molecular weight is 588 g/mol. The lowest BCUT2D eigenvalue weighted by molar-refractivity contribution is 0.668. The number of hydrogen-bond acceptors (Lipinski definition) is 3. The van der Waals surface area contributed by atoms with Crippen LogP contribution in [0, 0.1) is 11.3 Å². The summed E-state index contributed by atoms with van der Waals surface area (Å²) in [6, 6.07) is 54.4. The van der Waals surface area contributed by atoms with Gasteiger partial charge in [-0.3, -0.25) is 0 Å². The molecule has 0 aliphatic rings. The molecule has 0 aliphatic heterocycles. The summed E-state index contributed by atoms with van der Waals surface area (Å²) >= 11 is 0. The van der Waals surface area contributed by atoms with E-state index in [0.29, 0.717) is 5.56 Å². The molecule has 0 bridgehead atoms. The van der Waals surface area contributed by atoms with E-state index in [4.69, 9.17) is 8.83 Å². The van der Waals surface area contributed by atoms with Gasteiger partial charge >= 0.3 is 0 Å². The van der Waals surface area contributed by atoms with Gasteiger partial charge in [0.2, 0.25) is 0 Å². The maximum atomic E-state index is 9.79. The third kappa shape index (κ3) is 4.05. The van der Waals surface area contributed by atoms with Gasteiger partial charge in [-0.15, -0.1) is 0 Å². The van der Waals surface area contributed by atoms with Crippen molar-refractivity contribution < 1.29 is 8.83 Å². The van der Waals surface area contributed by atoms with E-state index in [1.54, 1.807) is 0 Å². The molecular formula is C43H25NO2. The van der Waals surface area contributed by atoms with Crippen LogP contribution in [0.2, 0.25) is 0 Å². The number of nitriles is 1. The topological polar surface area (TPSA) is 50.1 Å². The summed E-state index contributed by atoms with van der Waals surface area (Å²) in [7, 11) is 0. The summed E-state index contributed by atoms with van der Waals surface area (Å²) < 4.78 is 12.7. The zero-order chi connectivity index (χ0) is 30.6. The minimum atomic E-state index is 0.624. The minimum absolute atomic E-state index is 0.624. The Morgan fingerprint density at radius 2 is 0.891 bits per heavy atom. The lowest BCUT2D eigenvalue weighted by Crippen LogP contribution is -1.94. The third-order valence-corrected chi connectivity index (χ3v) is 8.91. The van der Waals surface area contributed by atoms with Crippen molar-refractivity contribution in [1.29, 1.82) is 5.26 Å². The van der Waals surface area contributed by atoms with Crippen LogP contribution in [0.5, 0.6) is 0 Å². The van der Waals surface area contributed by atoms with Gasteiger partial charge in [0.25, 0.3) is 0 Å². The highest BCUT2D eigenvalue weighted by Gasteiger charge is 2.23. The Labute approximate surface area is 265 Å². The molecule has 0 spiro atoms. The Morgan fingerprint density at radius 1 is 0.391 bits per heavy atom. The fourth-order valence-electron chi connectivity index (χ4n) is 6.92. The summed E-state index contributed by atoms with van der Waals surface area (Å²) in [5.74, 6) is 0. The van der Waals surface area contributed by atoms with Gasteiger partial charge in [0.15, 0.2) is 0 Å². The second-order valence-corrected chi connectivity index (χ2v) is 11.6. The first-order valence-corrected chi connectivity index (χ1v) is 15.3. The van der Waals surface area contributed by atoms with Crippen molar-refractivity contribution in [2.45, 2.75) is 0 Å². The first-order valence-electron chi connectivity index (χ1n) is 15.3. The molecule has 0 atom stereocenters. The number of fused-ring (bicyclic) bond motifs is 6. The van der Waals surface area contributed by atoms with Crippen molar-refractivity contribution in [1.82, 2.24) is 0 Å². The van der Waals surface area contributed by atoms with Crippen molar-refractivity contribution in [3.05, 3.63) is 157 Å². The van der Waals surface area contributed by atoms with Crippen LogP contribution < -0.4 is 0 Å². The molecule has 0 aliphatic carbocycles. The lowest BCUT2D eigenvalue weighted by Gasteiger charge is -2.20.